The minimum absolute atomic E-state index is 0.237. The van der Waals surface area contributed by atoms with Crippen LogP contribution < -0.4 is 20.2 Å². The second-order valence-corrected chi connectivity index (χ2v) is 7.27. The maximum atomic E-state index is 12.1. The molecule has 0 aliphatic rings. The molecule has 0 unspecified atom stereocenters. The first-order valence-electron chi connectivity index (χ1n) is 8.80. The minimum Gasteiger partial charge on any atom is -0.493 e. The van der Waals surface area contributed by atoms with Crippen molar-refractivity contribution >= 4 is 52.6 Å². The third-order valence-electron chi connectivity index (χ3n) is 3.82. The fraction of sp³-hybridized carbons (Fsp3) is 0.0476. The normalized spacial score (nSPS) is 10.5. The lowest BCUT2D eigenvalue weighted by molar-refractivity contribution is -0.136. The largest absolute Gasteiger partial charge is 0.493 e. The molecule has 0 spiro atoms. The number of hydrogen-bond acceptors (Lipinski definition) is 7. The van der Waals surface area contributed by atoms with Gasteiger partial charge in [0.05, 0.1) is 24.0 Å². The first-order chi connectivity index (χ1) is 15.0. The summed E-state index contributed by atoms with van der Waals surface area (Å²) in [6.07, 6.45) is 1.31. The molecule has 1 aromatic heterocycles. The summed E-state index contributed by atoms with van der Waals surface area (Å²) in [7, 11) is 1.43. The Kier molecular flexibility index (Phi) is 7.36. The molecule has 0 fully saturated rings. The molecule has 2 amide bonds. The third-order valence-corrected chi connectivity index (χ3v) is 5.00. The summed E-state index contributed by atoms with van der Waals surface area (Å²) in [5.41, 5.74) is 2.98. The molecule has 0 bridgehead atoms. The van der Waals surface area contributed by atoms with Gasteiger partial charge >= 0.3 is 17.8 Å². The van der Waals surface area contributed by atoms with Gasteiger partial charge in [-0.15, -0.1) is 11.3 Å². The molecule has 2 aromatic carbocycles. The van der Waals surface area contributed by atoms with Crippen LogP contribution in [0.2, 0.25) is 5.02 Å². The van der Waals surface area contributed by atoms with Gasteiger partial charge in [-0.2, -0.15) is 5.10 Å². The van der Waals surface area contributed by atoms with Gasteiger partial charge < -0.3 is 14.8 Å². The van der Waals surface area contributed by atoms with E-state index in [0.29, 0.717) is 26.9 Å². The van der Waals surface area contributed by atoms with Gasteiger partial charge in [0.25, 0.3) is 0 Å². The molecule has 0 saturated heterocycles. The molecular formula is C21H16ClN3O5S. The quantitative estimate of drug-likeness (QED) is 0.193. The Labute approximate surface area is 186 Å². The molecule has 0 saturated carbocycles. The lowest BCUT2D eigenvalue weighted by Crippen LogP contribution is -2.32. The van der Waals surface area contributed by atoms with Crippen LogP contribution in [0.1, 0.15) is 15.2 Å². The third kappa shape index (κ3) is 5.91. The maximum Gasteiger partial charge on any atom is 0.353 e. The van der Waals surface area contributed by atoms with E-state index in [-0.39, 0.29) is 5.75 Å². The number of carbonyl (C=O) groups is 3. The maximum absolute atomic E-state index is 12.1. The summed E-state index contributed by atoms with van der Waals surface area (Å²) < 4.78 is 10.6. The smallest absolute Gasteiger partial charge is 0.353 e. The monoisotopic (exact) mass is 457 g/mol. The van der Waals surface area contributed by atoms with Gasteiger partial charge in [-0.25, -0.2) is 10.2 Å². The van der Waals surface area contributed by atoms with Crippen LogP contribution in [0.3, 0.4) is 0 Å². The van der Waals surface area contributed by atoms with Crippen molar-refractivity contribution in [2.75, 3.05) is 12.4 Å². The lowest BCUT2D eigenvalue weighted by atomic mass is 10.2. The highest BCUT2D eigenvalue weighted by atomic mass is 35.5. The number of esters is 1. The number of ether oxygens (including phenoxy) is 2. The molecule has 8 nitrogen and oxygen atoms in total. The zero-order chi connectivity index (χ0) is 22.2. The number of amides is 2. The number of para-hydroxylation sites is 1. The van der Waals surface area contributed by atoms with Crippen molar-refractivity contribution in [2.24, 2.45) is 5.10 Å². The molecule has 1 heterocycles. The van der Waals surface area contributed by atoms with E-state index in [1.54, 1.807) is 53.9 Å². The number of hydrazone groups is 1. The average molecular weight is 458 g/mol. The molecule has 3 aromatic rings. The fourth-order valence-corrected chi connectivity index (χ4v) is 3.13. The summed E-state index contributed by atoms with van der Waals surface area (Å²) >= 11 is 7.21. The van der Waals surface area contributed by atoms with E-state index < -0.39 is 17.8 Å². The molecular weight excluding hydrogens is 442 g/mol. The van der Waals surface area contributed by atoms with E-state index in [1.165, 1.54) is 30.7 Å². The molecule has 31 heavy (non-hydrogen) atoms. The molecule has 10 heteroatoms. The van der Waals surface area contributed by atoms with Crippen LogP contribution in [0.5, 0.6) is 11.5 Å². The first kappa shape index (κ1) is 22.0. The highest BCUT2D eigenvalue weighted by Gasteiger charge is 2.15. The first-order valence-corrected chi connectivity index (χ1v) is 10.1. The Morgan fingerprint density at radius 3 is 2.55 bits per heavy atom. The number of anilines is 1. The molecule has 0 radical (unpaired) electrons. The zero-order valence-electron chi connectivity index (χ0n) is 16.1. The molecule has 0 aliphatic carbocycles. The summed E-state index contributed by atoms with van der Waals surface area (Å²) in [4.78, 5) is 36.4. The van der Waals surface area contributed by atoms with Gasteiger partial charge in [0, 0.05) is 0 Å². The molecule has 158 valence electrons. The van der Waals surface area contributed by atoms with Crippen molar-refractivity contribution in [3.05, 3.63) is 75.4 Å². The topological polar surface area (TPSA) is 106 Å². The Bertz CT molecular complexity index is 1130. The predicted molar refractivity (Wildman–Crippen MR) is 118 cm³/mol. The SMILES string of the molecule is COc1cc(C=NNC(=O)C(=O)Nc2ccccc2Cl)ccc1OC(=O)c1cccs1. The average Bonchev–Trinajstić information content (AvgIpc) is 3.31. The van der Waals surface area contributed by atoms with E-state index in [9.17, 15) is 14.4 Å². The molecule has 0 atom stereocenters. The standard InChI is InChI=1S/C21H16ClN3O5S/c1-29-17-11-13(8-9-16(17)30-21(28)18-7-4-10-31-18)12-23-25-20(27)19(26)24-15-6-3-2-5-14(15)22/h2-12H,1H3,(H,24,26)(H,25,27). The van der Waals surface area contributed by atoms with E-state index in [1.807, 2.05) is 0 Å². The number of methoxy groups -OCH3 is 1. The number of halogens is 1. The van der Waals surface area contributed by atoms with E-state index in [4.69, 9.17) is 21.1 Å². The van der Waals surface area contributed by atoms with Crippen molar-refractivity contribution in [2.45, 2.75) is 0 Å². The Hall–Kier alpha value is -3.69. The van der Waals surface area contributed by atoms with Crippen LogP contribution in [-0.2, 0) is 9.59 Å². The summed E-state index contributed by atoms with van der Waals surface area (Å²) in [6, 6.07) is 14.6. The molecule has 3 rings (SSSR count). The minimum atomic E-state index is -0.968. The number of nitrogens with one attached hydrogen (secondary N) is 2. The molecule has 2 N–H and O–H groups in total. The predicted octanol–water partition coefficient (Wildman–Crippen LogP) is 3.72. The molecule has 0 aliphatic heterocycles. The van der Waals surface area contributed by atoms with Crippen molar-refractivity contribution < 1.29 is 23.9 Å². The van der Waals surface area contributed by atoms with Gasteiger partial charge in [-0.05, 0) is 47.3 Å². The van der Waals surface area contributed by atoms with Crippen LogP contribution in [0.25, 0.3) is 0 Å². The van der Waals surface area contributed by atoms with E-state index >= 15 is 0 Å². The highest BCUT2D eigenvalue weighted by molar-refractivity contribution is 7.12. The number of rotatable bonds is 6. The van der Waals surface area contributed by atoms with Crippen molar-refractivity contribution in [1.29, 1.82) is 0 Å². The van der Waals surface area contributed by atoms with Crippen LogP contribution in [0, 0.1) is 0 Å². The Balaban J connectivity index is 1.60. The number of nitrogens with zero attached hydrogens (tertiary/aromatic N) is 1. The van der Waals surface area contributed by atoms with Crippen LogP contribution in [0.4, 0.5) is 5.69 Å². The van der Waals surface area contributed by atoms with Crippen molar-refractivity contribution in [3.8, 4) is 11.5 Å². The van der Waals surface area contributed by atoms with Gasteiger partial charge in [-0.3, -0.25) is 9.59 Å². The second-order valence-electron chi connectivity index (χ2n) is 5.91. The second kappa shape index (κ2) is 10.4. The number of carbonyl (C=O) groups excluding carboxylic acids is 3. The van der Waals surface area contributed by atoms with Crippen molar-refractivity contribution in [1.82, 2.24) is 5.43 Å². The number of hydrogen-bond donors (Lipinski definition) is 2. The van der Waals surface area contributed by atoms with Gasteiger partial charge in [0.15, 0.2) is 11.5 Å². The zero-order valence-corrected chi connectivity index (χ0v) is 17.7. The lowest BCUT2D eigenvalue weighted by Gasteiger charge is -2.09. The van der Waals surface area contributed by atoms with Gasteiger partial charge in [-0.1, -0.05) is 29.8 Å². The van der Waals surface area contributed by atoms with E-state index in [2.05, 4.69) is 15.8 Å². The van der Waals surface area contributed by atoms with Gasteiger partial charge in [0.2, 0.25) is 0 Å². The van der Waals surface area contributed by atoms with Gasteiger partial charge in [0.1, 0.15) is 4.88 Å². The number of thiophene rings is 1. The van der Waals surface area contributed by atoms with E-state index in [0.717, 1.165) is 0 Å². The summed E-state index contributed by atoms with van der Waals surface area (Å²) in [6.45, 7) is 0. The van der Waals surface area contributed by atoms with Crippen LogP contribution >= 0.6 is 22.9 Å². The number of benzene rings is 2. The summed E-state index contributed by atoms with van der Waals surface area (Å²) in [5.74, 6) is -1.84. The summed E-state index contributed by atoms with van der Waals surface area (Å²) in [5, 5.41) is 8.22. The Morgan fingerprint density at radius 1 is 1.03 bits per heavy atom. The highest BCUT2D eigenvalue weighted by Crippen LogP contribution is 2.29. The van der Waals surface area contributed by atoms with Crippen LogP contribution in [0.15, 0.2) is 65.1 Å². The fourth-order valence-electron chi connectivity index (χ4n) is 2.35. The Morgan fingerprint density at radius 2 is 1.84 bits per heavy atom. The van der Waals surface area contributed by atoms with Crippen LogP contribution in [-0.4, -0.2) is 31.1 Å². The van der Waals surface area contributed by atoms with Crippen molar-refractivity contribution in [3.63, 3.8) is 0 Å².